The van der Waals surface area contributed by atoms with Crippen LogP contribution in [0.2, 0.25) is 0 Å². The molecule has 3 aromatic rings. The van der Waals surface area contributed by atoms with Crippen molar-refractivity contribution in [3.05, 3.63) is 71.1 Å². The van der Waals surface area contributed by atoms with Gasteiger partial charge in [-0.15, -0.1) is 0 Å². The minimum absolute atomic E-state index is 0.0574. The Balaban J connectivity index is 2.09. The van der Waals surface area contributed by atoms with Crippen LogP contribution >= 0.6 is 0 Å². The van der Waals surface area contributed by atoms with Gasteiger partial charge >= 0.3 is 0 Å². The van der Waals surface area contributed by atoms with Gasteiger partial charge in [0.05, 0.1) is 0 Å². The van der Waals surface area contributed by atoms with Crippen molar-refractivity contribution < 1.29 is 0 Å². The van der Waals surface area contributed by atoms with Crippen molar-refractivity contribution in [2.24, 2.45) is 0 Å². The molecule has 112 valence electrons. The molecule has 0 saturated carbocycles. The molecule has 1 aromatic carbocycles. The van der Waals surface area contributed by atoms with Crippen LogP contribution in [0.3, 0.4) is 0 Å². The third-order valence-electron chi connectivity index (χ3n) is 3.64. The highest BCUT2D eigenvalue weighted by molar-refractivity contribution is 5.61. The van der Waals surface area contributed by atoms with Crippen molar-refractivity contribution in [3.63, 3.8) is 0 Å². The number of nitrogens with zero attached hydrogens (tertiary/aromatic N) is 3. The van der Waals surface area contributed by atoms with E-state index in [2.05, 4.69) is 16.8 Å². The first kappa shape index (κ1) is 14.3. The molecule has 4 nitrogen and oxygen atoms in total. The minimum Gasteiger partial charge on any atom is -0.326 e. The molecule has 0 N–H and O–H groups in total. The predicted molar refractivity (Wildman–Crippen MR) is 89.8 cm³/mol. The molecule has 22 heavy (non-hydrogen) atoms. The van der Waals surface area contributed by atoms with Gasteiger partial charge in [-0.3, -0.25) is 9.20 Å². The summed E-state index contributed by atoms with van der Waals surface area (Å²) in [6, 6.07) is 17.3. The van der Waals surface area contributed by atoms with E-state index >= 15 is 0 Å². The van der Waals surface area contributed by atoms with Gasteiger partial charge in [-0.25, -0.2) is 4.98 Å². The average Bonchev–Trinajstić information content (AvgIpc) is 2.56. The molecule has 0 spiro atoms. The summed E-state index contributed by atoms with van der Waals surface area (Å²) >= 11 is 0. The number of anilines is 2. The van der Waals surface area contributed by atoms with Crippen molar-refractivity contribution in [2.75, 3.05) is 11.4 Å². The van der Waals surface area contributed by atoms with Crippen LogP contribution < -0.4 is 10.5 Å². The molecule has 2 aromatic heterocycles. The first-order valence-electron chi connectivity index (χ1n) is 7.60. The van der Waals surface area contributed by atoms with Crippen LogP contribution in [0.5, 0.6) is 0 Å². The lowest BCUT2D eigenvalue weighted by Crippen LogP contribution is -2.23. The van der Waals surface area contributed by atoms with E-state index in [0.717, 1.165) is 25.1 Å². The molecule has 0 bridgehead atoms. The van der Waals surface area contributed by atoms with E-state index in [1.165, 1.54) is 0 Å². The van der Waals surface area contributed by atoms with Crippen molar-refractivity contribution in [2.45, 2.75) is 19.8 Å². The second-order valence-corrected chi connectivity index (χ2v) is 5.22. The summed E-state index contributed by atoms with van der Waals surface area (Å²) in [5, 5.41) is 0. The van der Waals surface area contributed by atoms with E-state index in [-0.39, 0.29) is 5.56 Å². The number of pyridine rings is 1. The van der Waals surface area contributed by atoms with Crippen molar-refractivity contribution in [3.8, 4) is 0 Å². The molecule has 0 radical (unpaired) electrons. The maximum atomic E-state index is 12.3. The Morgan fingerprint density at radius 3 is 2.64 bits per heavy atom. The molecule has 0 saturated heterocycles. The van der Waals surface area contributed by atoms with Gasteiger partial charge in [-0.05, 0) is 30.7 Å². The molecule has 3 rings (SSSR count). The average molecular weight is 293 g/mol. The van der Waals surface area contributed by atoms with Crippen LogP contribution in [0.15, 0.2) is 65.6 Å². The number of para-hydroxylation sites is 1. The molecule has 4 heteroatoms. The summed E-state index contributed by atoms with van der Waals surface area (Å²) in [7, 11) is 0. The third-order valence-corrected chi connectivity index (χ3v) is 3.64. The van der Waals surface area contributed by atoms with Crippen LogP contribution in [-0.4, -0.2) is 15.9 Å². The lowest BCUT2D eigenvalue weighted by atomic mass is 10.2. The normalized spacial score (nSPS) is 10.8. The van der Waals surface area contributed by atoms with Crippen molar-refractivity contribution >= 4 is 17.2 Å². The molecule has 0 atom stereocenters. The van der Waals surface area contributed by atoms with Gasteiger partial charge in [0.25, 0.3) is 5.56 Å². The number of fused-ring (bicyclic) bond motifs is 1. The van der Waals surface area contributed by atoms with Gasteiger partial charge in [-0.1, -0.05) is 37.6 Å². The lowest BCUT2D eigenvalue weighted by Gasteiger charge is -2.23. The number of hydrogen-bond donors (Lipinski definition) is 0. The van der Waals surface area contributed by atoms with E-state index in [0.29, 0.717) is 11.5 Å². The zero-order chi connectivity index (χ0) is 15.4. The quantitative estimate of drug-likeness (QED) is 0.721. The summed E-state index contributed by atoms with van der Waals surface area (Å²) in [6.07, 6.45) is 3.88. The number of hydrogen-bond acceptors (Lipinski definition) is 3. The third kappa shape index (κ3) is 2.86. The van der Waals surface area contributed by atoms with Crippen LogP contribution in [0.25, 0.3) is 5.65 Å². The Hall–Kier alpha value is -2.62. The summed E-state index contributed by atoms with van der Waals surface area (Å²) in [6.45, 7) is 3.00. The van der Waals surface area contributed by atoms with Gasteiger partial charge in [0.1, 0.15) is 11.5 Å². The smallest absolute Gasteiger partial charge is 0.259 e. The largest absolute Gasteiger partial charge is 0.326 e. The fraction of sp³-hybridized carbons (Fsp3) is 0.222. The second-order valence-electron chi connectivity index (χ2n) is 5.22. The molecule has 0 aliphatic heterocycles. The molecule has 0 amide bonds. The Bertz CT molecular complexity index is 811. The Labute approximate surface area is 129 Å². The van der Waals surface area contributed by atoms with Crippen LogP contribution in [0, 0.1) is 0 Å². The van der Waals surface area contributed by atoms with E-state index in [1.807, 2.05) is 48.5 Å². The fourth-order valence-electron chi connectivity index (χ4n) is 2.48. The number of rotatable bonds is 5. The predicted octanol–water partition coefficient (Wildman–Crippen LogP) is 3.63. The van der Waals surface area contributed by atoms with Gasteiger partial charge in [0.2, 0.25) is 0 Å². The first-order chi connectivity index (χ1) is 10.8. The molecular weight excluding hydrogens is 274 g/mol. The van der Waals surface area contributed by atoms with Gasteiger partial charge in [0.15, 0.2) is 0 Å². The van der Waals surface area contributed by atoms with Crippen LogP contribution in [0.1, 0.15) is 19.8 Å². The van der Waals surface area contributed by atoms with Gasteiger partial charge in [-0.2, -0.15) is 0 Å². The standard InChI is InChI=1S/C18H19N3O/c1-2-3-12-20(15-9-5-4-6-10-15)17-14-18(22)21-13-8-7-11-16(21)19-17/h4-11,13-14H,2-3,12H2,1H3. The summed E-state index contributed by atoms with van der Waals surface area (Å²) in [5.41, 5.74) is 1.67. The monoisotopic (exact) mass is 293 g/mol. The zero-order valence-corrected chi connectivity index (χ0v) is 12.6. The van der Waals surface area contributed by atoms with E-state index < -0.39 is 0 Å². The maximum Gasteiger partial charge on any atom is 0.259 e. The number of unbranched alkanes of at least 4 members (excludes halogenated alkanes) is 1. The van der Waals surface area contributed by atoms with Crippen LogP contribution in [-0.2, 0) is 0 Å². The van der Waals surface area contributed by atoms with E-state index in [9.17, 15) is 4.79 Å². The molecule has 0 aliphatic carbocycles. The molecule has 0 fully saturated rings. The summed E-state index contributed by atoms with van der Waals surface area (Å²) < 4.78 is 1.56. The van der Waals surface area contributed by atoms with E-state index in [4.69, 9.17) is 0 Å². The molecule has 2 heterocycles. The molecule has 0 aliphatic rings. The fourth-order valence-corrected chi connectivity index (χ4v) is 2.48. The Morgan fingerprint density at radius 1 is 1.09 bits per heavy atom. The lowest BCUT2D eigenvalue weighted by molar-refractivity contribution is 0.778. The Kier molecular flexibility index (Phi) is 4.19. The number of benzene rings is 1. The highest BCUT2D eigenvalue weighted by Gasteiger charge is 2.12. The Morgan fingerprint density at radius 2 is 1.86 bits per heavy atom. The summed E-state index contributed by atoms with van der Waals surface area (Å²) in [4.78, 5) is 19.1. The van der Waals surface area contributed by atoms with Crippen molar-refractivity contribution in [1.82, 2.24) is 9.38 Å². The number of aromatic nitrogens is 2. The maximum absolute atomic E-state index is 12.3. The van der Waals surface area contributed by atoms with Crippen molar-refractivity contribution in [1.29, 1.82) is 0 Å². The zero-order valence-electron chi connectivity index (χ0n) is 12.6. The van der Waals surface area contributed by atoms with Crippen LogP contribution in [0.4, 0.5) is 11.5 Å². The summed E-state index contributed by atoms with van der Waals surface area (Å²) in [5.74, 6) is 0.704. The highest BCUT2D eigenvalue weighted by Crippen LogP contribution is 2.23. The second kappa shape index (κ2) is 6.43. The molecule has 0 unspecified atom stereocenters. The van der Waals surface area contributed by atoms with Gasteiger partial charge < -0.3 is 4.90 Å². The minimum atomic E-state index is -0.0574. The van der Waals surface area contributed by atoms with Gasteiger partial charge in [0, 0.05) is 24.5 Å². The molecular formula is C18H19N3O. The first-order valence-corrected chi connectivity index (χ1v) is 7.60. The SMILES string of the molecule is CCCCN(c1ccccc1)c1cc(=O)n2ccccc2n1. The topological polar surface area (TPSA) is 37.6 Å². The highest BCUT2D eigenvalue weighted by atomic mass is 16.1. The van der Waals surface area contributed by atoms with E-state index in [1.54, 1.807) is 16.7 Å².